The Hall–Kier alpha value is -6.51. The van der Waals surface area contributed by atoms with Crippen LogP contribution in [0.15, 0.2) is 107 Å². The van der Waals surface area contributed by atoms with Crippen LogP contribution in [0.4, 0.5) is 0 Å². The molecule has 0 bridgehead atoms. The quantitative estimate of drug-likeness (QED) is 0.141. The monoisotopic (exact) mass is 1240 g/mol. The van der Waals surface area contributed by atoms with Gasteiger partial charge in [-0.3, -0.25) is 20.1 Å². The third kappa shape index (κ3) is 31.0. The Morgan fingerprint density at radius 1 is 0.589 bits per heavy atom. The third-order valence-corrected chi connectivity index (χ3v) is 14.1. The van der Waals surface area contributed by atoms with Crippen molar-refractivity contribution in [1.82, 2.24) is 35.3 Å². The summed E-state index contributed by atoms with van der Waals surface area (Å²) >= 11 is 0. The number of aromatic nitrogens is 7. The minimum atomic E-state index is -0.222. The van der Waals surface area contributed by atoms with E-state index in [9.17, 15) is 4.79 Å². The first-order valence-electron chi connectivity index (χ1n) is 31.9. The summed E-state index contributed by atoms with van der Waals surface area (Å²) in [4.78, 5) is 39.1. The molecule has 9 rings (SSSR count). The Bertz CT molecular complexity index is 3010. The van der Waals surface area contributed by atoms with Crippen LogP contribution >= 0.6 is 0 Å². The van der Waals surface area contributed by atoms with Crippen LogP contribution in [0.2, 0.25) is 0 Å². The van der Waals surface area contributed by atoms with Gasteiger partial charge in [0.25, 0.3) is 0 Å². The molecule has 504 valence electrons. The standard InChI is InChI=1S/3C9H15N.2C8H14N2.3C8H13NO.C8H12O2/c1-7-5-8(6-10-7)9(2,3)4;1-7-8(5-6-10-7)9(2,3)4;1-7-5-6-8(10-7)9(2,3)4;1-6-9-5-7(10-6)8(2,3)4;1-6-5-7(10-9-6)8(2,3)4;1-6-9-7(5-10-6)8(2,3)4;1-6-9-5-7(10-6)8(2,3)4;1-6-7(5-10-9-6)8(2,3)4;1-8(2,3)6-4-5-7(9)10-6/h6H,5H2,1-4H3;5H,6H2,1-4H3;6H,5H2,1-4H3;2*5H,1-4H3,(H,9,10);3*5H,1-4H3;4-6H,1-3H3. The Morgan fingerprint density at radius 2 is 1.18 bits per heavy atom. The lowest BCUT2D eigenvalue weighted by Gasteiger charge is -2.23. The average molecular weight is 1250 g/mol. The van der Waals surface area contributed by atoms with Crippen molar-refractivity contribution in [1.29, 1.82) is 0 Å². The molecular formula is C75H124N10O5. The van der Waals surface area contributed by atoms with Gasteiger partial charge in [0, 0.05) is 117 Å². The summed E-state index contributed by atoms with van der Waals surface area (Å²) in [6.45, 7) is 74.9. The maximum absolute atomic E-state index is 10.6. The van der Waals surface area contributed by atoms with E-state index in [1.807, 2.05) is 73.9 Å². The molecule has 0 saturated heterocycles. The zero-order valence-electron chi connectivity index (χ0n) is 63.1. The molecule has 15 nitrogen and oxygen atoms in total. The molecular weight excluding hydrogens is 1120 g/mol. The van der Waals surface area contributed by atoms with Crippen molar-refractivity contribution < 1.29 is 22.9 Å². The van der Waals surface area contributed by atoms with E-state index in [0.29, 0.717) is 5.41 Å². The molecule has 0 aliphatic carbocycles. The summed E-state index contributed by atoms with van der Waals surface area (Å²) in [6.07, 6.45) is 18.9. The minimum Gasteiger partial charge on any atom is -0.454 e. The third-order valence-electron chi connectivity index (χ3n) is 14.1. The van der Waals surface area contributed by atoms with Gasteiger partial charge < -0.3 is 23.1 Å². The van der Waals surface area contributed by atoms with Gasteiger partial charge in [-0.1, -0.05) is 204 Å². The Labute approximate surface area is 546 Å². The van der Waals surface area contributed by atoms with Gasteiger partial charge in [-0.2, -0.15) is 5.10 Å². The highest BCUT2D eigenvalue weighted by atomic mass is 16.5. The first-order valence-corrected chi connectivity index (χ1v) is 31.9. The SMILES string of the molecule is CC(C)(C)C1C=CC(=O)O1.CC1=NC(C(C)(C)C)=CC1.CC1=NC=C(C(C)(C)C)C1.CC1=NCC=C1C(C)(C)C.Cc1cc(C(C)(C)C)n[nH]1.Cc1nc(C(C)(C)C)co1.Cc1ncc(C(C)(C)C)[nH]1.Cc1ncc(C(C)(C)C)o1.Cc1nocc1C(C)(C)C. The molecule has 0 spiro atoms. The summed E-state index contributed by atoms with van der Waals surface area (Å²) in [6, 6.07) is 2.08. The van der Waals surface area contributed by atoms with Crippen LogP contribution in [-0.2, 0) is 36.6 Å². The number of carbonyl (C=O) groups is 1. The molecule has 0 fully saturated rings. The van der Waals surface area contributed by atoms with Gasteiger partial charge in [-0.05, 0) is 81.1 Å². The zero-order chi connectivity index (χ0) is 70.0. The van der Waals surface area contributed by atoms with E-state index in [2.05, 4.69) is 255 Å². The van der Waals surface area contributed by atoms with Crippen molar-refractivity contribution in [2.24, 2.45) is 36.6 Å². The van der Waals surface area contributed by atoms with Crippen LogP contribution in [-0.4, -0.2) is 71.0 Å². The predicted octanol–water partition coefficient (Wildman–Crippen LogP) is 20.4. The van der Waals surface area contributed by atoms with E-state index in [0.717, 1.165) is 65.5 Å². The van der Waals surface area contributed by atoms with E-state index < -0.39 is 0 Å². The number of aryl methyl sites for hydroxylation is 5. The van der Waals surface area contributed by atoms with Crippen molar-refractivity contribution >= 4 is 23.1 Å². The van der Waals surface area contributed by atoms with E-state index in [-0.39, 0.29) is 55.4 Å². The van der Waals surface area contributed by atoms with Crippen molar-refractivity contribution in [3.05, 3.63) is 136 Å². The first-order chi connectivity index (χ1) is 40.5. The molecule has 9 heterocycles. The highest BCUT2D eigenvalue weighted by Crippen LogP contribution is 2.33. The molecule has 90 heavy (non-hydrogen) atoms. The zero-order valence-corrected chi connectivity index (χ0v) is 63.1. The molecule has 15 heteroatoms. The summed E-state index contributed by atoms with van der Waals surface area (Å²) in [5, 5.41) is 10.9. The molecule has 4 aliphatic heterocycles. The fourth-order valence-electron chi connectivity index (χ4n) is 8.25. The highest BCUT2D eigenvalue weighted by Gasteiger charge is 2.29. The van der Waals surface area contributed by atoms with Gasteiger partial charge in [-0.25, -0.2) is 19.7 Å². The van der Waals surface area contributed by atoms with Crippen LogP contribution < -0.4 is 0 Å². The number of oxazole rings is 2. The fraction of sp³-hybridized carbons (Fsp3) is 0.640. The Morgan fingerprint density at radius 3 is 1.38 bits per heavy atom. The van der Waals surface area contributed by atoms with E-state index in [1.54, 1.807) is 18.7 Å². The lowest BCUT2D eigenvalue weighted by Crippen LogP contribution is -2.25. The molecule has 1 unspecified atom stereocenters. The van der Waals surface area contributed by atoms with E-state index >= 15 is 0 Å². The number of hydrogen-bond donors (Lipinski definition) is 2. The first kappa shape index (κ1) is 81.5. The average Bonchev–Trinajstić information content (AvgIpc) is 3.06. The van der Waals surface area contributed by atoms with Gasteiger partial charge in [-0.15, -0.1) is 0 Å². The maximum Gasteiger partial charge on any atom is 0.331 e. The topological polar surface area (TPSA) is 199 Å². The van der Waals surface area contributed by atoms with Crippen molar-refractivity contribution in [3.8, 4) is 0 Å². The van der Waals surface area contributed by atoms with Crippen LogP contribution in [0.1, 0.15) is 278 Å². The normalized spacial score (nSPS) is 15.7. The Balaban J connectivity index is 0.000000506. The number of nitrogens with zero attached hydrogens (tertiary/aromatic N) is 8. The van der Waals surface area contributed by atoms with Gasteiger partial charge in [0.05, 0.1) is 29.8 Å². The number of aromatic amines is 2. The minimum absolute atomic E-state index is 0.0304. The molecule has 0 radical (unpaired) electrons. The largest absolute Gasteiger partial charge is 0.454 e. The molecule has 1 atom stereocenters. The molecule has 2 N–H and O–H groups in total. The fourth-order valence-corrected chi connectivity index (χ4v) is 8.25. The number of esters is 1. The number of rotatable bonds is 0. The number of carbonyl (C=O) groups excluding carboxylic acids is 1. The molecule has 0 saturated carbocycles. The lowest BCUT2D eigenvalue weighted by atomic mass is 9.84. The number of H-pyrrole nitrogens is 2. The number of hydrogen-bond acceptors (Lipinski definition) is 13. The number of aliphatic imine (C=N–C) groups is 3. The van der Waals surface area contributed by atoms with E-state index in [1.165, 1.54) is 51.3 Å². The second kappa shape index (κ2) is 33.2. The van der Waals surface area contributed by atoms with Crippen molar-refractivity contribution in [2.75, 3.05) is 6.54 Å². The van der Waals surface area contributed by atoms with Gasteiger partial charge in [0.15, 0.2) is 11.8 Å². The number of nitrogens with one attached hydrogen (secondary N) is 2. The van der Waals surface area contributed by atoms with Gasteiger partial charge in [0.1, 0.15) is 30.2 Å². The summed E-state index contributed by atoms with van der Waals surface area (Å²) < 4.78 is 20.2. The second-order valence-electron chi connectivity index (χ2n) is 33.1. The van der Waals surface area contributed by atoms with Gasteiger partial charge >= 0.3 is 5.97 Å². The summed E-state index contributed by atoms with van der Waals surface area (Å²) in [7, 11) is 0. The smallest absolute Gasteiger partial charge is 0.331 e. The number of cyclic esters (lactones) is 1. The maximum atomic E-state index is 10.6. The Kier molecular flexibility index (Phi) is 30.0. The van der Waals surface area contributed by atoms with Crippen LogP contribution in [0.5, 0.6) is 0 Å². The van der Waals surface area contributed by atoms with Crippen LogP contribution in [0.3, 0.4) is 0 Å². The molecule has 4 aliphatic rings. The van der Waals surface area contributed by atoms with Crippen LogP contribution in [0.25, 0.3) is 0 Å². The summed E-state index contributed by atoms with van der Waals surface area (Å²) in [5.41, 5.74) is 16.0. The second-order valence-corrected chi connectivity index (χ2v) is 33.1. The molecule has 5 aromatic rings. The number of imidazole rings is 1. The predicted molar refractivity (Wildman–Crippen MR) is 378 cm³/mol. The molecule has 0 amide bonds. The summed E-state index contributed by atoms with van der Waals surface area (Å²) in [5.74, 6) is 3.20. The van der Waals surface area contributed by atoms with E-state index in [4.69, 9.17) is 18.1 Å². The molecule has 5 aromatic heterocycles. The number of allylic oxidation sites excluding steroid dienone is 4. The van der Waals surface area contributed by atoms with Gasteiger partial charge in [0.2, 0.25) is 0 Å². The van der Waals surface area contributed by atoms with Crippen molar-refractivity contribution in [2.45, 2.75) is 288 Å². The van der Waals surface area contributed by atoms with Crippen LogP contribution in [0, 0.1) is 56.3 Å². The highest BCUT2D eigenvalue weighted by molar-refractivity contribution is 6.00. The number of ether oxygens (including phenoxy) is 1. The van der Waals surface area contributed by atoms with Crippen molar-refractivity contribution in [3.63, 3.8) is 0 Å². The molecule has 0 aromatic carbocycles. The lowest BCUT2D eigenvalue weighted by molar-refractivity contribution is -0.142.